The second-order valence-corrected chi connectivity index (χ2v) is 5.64. The van der Waals surface area contributed by atoms with Crippen LogP contribution < -0.4 is 33.2 Å². The first-order valence-corrected chi connectivity index (χ1v) is 8.10. The Morgan fingerprint density at radius 2 is 1.74 bits per heavy atom. The summed E-state index contributed by atoms with van der Waals surface area (Å²) in [6.45, 7) is 0.317. The van der Waals surface area contributed by atoms with E-state index in [-0.39, 0.29) is 5.96 Å². The average Bonchev–Trinajstić information content (AvgIpc) is 2.60. The molecule has 0 radical (unpaired) electrons. The summed E-state index contributed by atoms with van der Waals surface area (Å²) in [6.07, 6.45) is 0.756. The van der Waals surface area contributed by atoms with Gasteiger partial charge in [-0.15, -0.1) is 0 Å². The number of rotatable bonds is 12. The Balaban J connectivity index is 4.31. The van der Waals surface area contributed by atoms with Crippen molar-refractivity contribution in [3.05, 3.63) is 0 Å². The predicted octanol–water partition coefficient (Wildman–Crippen LogP) is -4.45. The van der Waals surface area contributed by atoms with Crippen LogP contribution in [0.2, 0.25) is 0 Å². The number of amides is 3. The highest BCUT2D eigenvalue weighted by atomic mass is 16.4. The van der Waals surface area contributed by atoms with E-state index in [1.165, 1.54) is 6.92 Å². The fourth-order valence-electron chi connectivity index (χ4n) is 1.76. The number of nitrogens with one attached hydrogen (secondary N) is 3. The van der Waals surface area contributed by atoms with Crippen molar-refractivity contribution in [1.82, 2.24) is 16.0 Å². The van der Waals surface area contributed by atoms with Gasteiger partial charge in [-0.25, -0.2) is 0 Å². The topological polar surface area (TPSA) is 235 Å². The van der Waals surface area contributed by atoms with Gasteiger partial charge in [0.05, 0.1) is 19.2 Å². The number of hydrogen-bond donors (Lipinski definition) is 8. The molecule has 27 heavy (non-hydrogen) atoms. The van der Waals surface area contributed by atoms with Crippen molar-refractivity contribution >= 4 is 29.7 Å². The van der Waals surface area contributed by atoms with Crippen molar-refractivity contribution in [3.63, 3.8) is 0 Å². The molecule has 0 aromatic rings. The summed E-state index contributed by atoms with van der Waals surface area (Å²) in [5.41, 5.74) is 16.0. The number of carboxylic acids is 1. The smallest absolute Gasteiger partial charge is 0.325 e. The van der Waals surface area contributed by atoms with Crippen LogP contribution >= 0.6 is 0 Å². The van der Waals surface area contributed by atoms with Gasteiger partial charge in [0.25, 0.3) is 0 Å². The molecule has 3 amide bonds. The molecule has 0 aliphatic heterocycles. The minimum absolute atomic E-state index is 0.0649. The molecule has 0 fully saturated rings. The Morgan fingerprint density at radius 1 is 1.11 bits per heavy atom. The summed E-state index contributed by atoms with van der Waals surface area (Å²) >= 11 is 0. The van der Waals surface area contributed by atoms with Crippen LogP contribution in [0.1, 0.15) is 19.8 Å². The molecular formula is C14H27N7O6. The summed E-state index contributed by atoms with van der Waals surface area (Å²) in [4.78, 5) is 49.8. The average molecular weight is 389 g/mol. The zero-order valence-corrected chi connectivity index (χ0v) is 15.0. The molecule has 0 aliphatic carbocycles. The number of nitrogens with two attached hydrogens (primary N) is 3. The third kappa shape index (κ3) is 10.6. The van der Waals surface area contributed by atoms with Crippen molar-refractivity contribution in [2.75, 3.05) is 19.7 Å². The Labute approximate surface area is 155 Å². The molecule has 0 saturated carbocycles. The molecule has 0 spiro atoms. The maximum Gasteiger partial charge on any atom is 0.325 e. The fourth-order valence-corrected chi connectivity index (χ4v) is 1.76. The second kappa shape index (κ2) is 12.4. The molecule has 154 valence electrons. The van der Waals surface area contributed by atoms with Crippen molar-refractivity contribution in [3.8, 4) is 0 Å². The maximum absolute atomic E-state index is 11.8. The normalized spacial score (nSPS) is 13.6. The fraction of sp³-hybridized carbons (Fsp3) is 0.643. The summed E-state index contributed by atoms with van der Waals surface area (Å²) in [5, 5.41) is 24.5. The van der Waals surface area contributed by atoms with Gasteiger partial charge in [0.1, 0.15) is 12.1 Å². The molecule has 3 unspecified atom stereocenters. The minimum Gasteiger partial charge on any atom is -0.480 e. The highest BCUT2D eigenvalue weighted by Gasteiger charge is 2.24. The number of aliphatic imine (C=N–C) groups is 1. The Kier molecular flexibility index (Phi) is 11.1. The quantitative estimate of drug-likeness (QED) is 0.0911. The van der Waals surface area contributed by atoms with Crippen LogP contribution in [0.4, 0.5) is 0 Å². The summed E-state index contributed by atoms with van der Waals surface area (Å²) in [5.74, 6) is -3.55. The van der Waals surface area contributed by atoms with Crippen LogP contribution in [0.25, 0.3) is 0 Å². The van der Waals surface area contributed by atoms with Gasteiger partial charge in [-0.05, 0) is 19.8 Å². The molecule has 0 heterocycles. The number of carbonyl (C=O) groups is 4. The highest BCUT2D eigenvalue weighted by molar-refractivity contribution is 5.92. The van der Waals surface area contributed by atoms with E-state index >= 15 is 0 Å². The van der Waals surface area contributed by atoms with Crippen molar-refractivity contribution in [2.24, 2.45) is 22.2 Å². The van der Waals surface area contributed by atoms with Crippen LogP contribution in [-0.4, -0.2) is 77.7 Å². The van der Waals surface area contributed by atoms with E-state index in [2.05, 4.69) is 20.9 Å². The standard InChI is InChI=1S/C14H27N7O6/c1-7(13(26)27)20-12(25)9(6-22)21-10(23)5-19-11(24)8(15)3-2-4-18-14(16)17/h7-9,22H,2-6,15H2,1H3,(H,19,24)(H,20,25)(H,21,23)(H,26,27)(H4,16,17,18). The van der Waals surface area contributed by atoms with Gasteiger partial charge < -0.3 is 43.4 Å². The third-order valence-electron chi connectivity index (χ3n) is 3.29. The predicted molar refractivity (Wildman–Crippen MR) is 95.2 cm³/mol. The molecule has 11 N–H and O–H groups in total. The van der Waals surface area contributed by atoms with E-state index < -0.39 is 55.0 Å². The summed E-state index contributed by atoms with van der Waals surface area (Å²) < 4.78 is 0. The van der Waals surface area contributed by atoms with E-state index in [0.717, 1.165) is 0 Å². The largest absolute Gasteiger partial charge is 0.480 e. The number of nitrogens with zero attached hydrogens (tertiary/aromatic N) is 1. The van der Waals surface area contributed by atoms with Crippen LogP contribution in [0.3, 0.4) is 0 Å². The van der Waals surface area contributed by atoms with Crippen LogP contribution in [0.15, 0.2) is 4.99 Å². The SMILES string of the molecule is CC(NC(=O)C(CO)NC(=O)CNC(=O)C(N)CCCN=C(N)N)C(=O)O. The number of aliphatic hydroxyl groups is 1. The molecule has 0 aliphatic rings. The molecule has 13 heteroatoms. The molecule has 3 atom stereocenters. The van der Waals surface area contributed by atoms with Crippen molar-refractivity contribution < 1.29 is 29.4 Å². The van der Waals surface area contributed by atoms with Gasteiger partial charge >= 0.3 is 5.97 Å². The van der Waals surface area contributed by atoms with E-state index in [1.807, 2.05) is 0 Å². The second-order valence-electron chi connectivity index (χ2n) is 5.64. The van der Waals surface area contributed by atoms with E-state index in [4.69, 9.17) is 27.4 Å². The first-order valence-electron chi connectivity index (χ1n) is 8.10. The summed E-state index contributed by atoms with van der Waals surface area (Å²) in [7, 11) is 0. The van der Waals surface area contributed by atoms with Crippen LogP contribution in [0.5, 0.6) is 0 Å². The molecular weight excluding hydrogens is 362 g/mol. The Bertz CT molecular complexity index is 564. The number of aliphatic carboxylic acids is 1. The molecule has 0 aromatic carbocycles. The number of carboxylic acid groups (broad SMARTS) is 1. The molecule has 0 rings (SSSR count). The highest BCUT2D eigenvalue weighted by Crippen LogP contribution is 1.95. The molecule has 0 bridgehead atoms. The lowest BCUT2D eigenvalue weighted by molar-refractivity contribution is -0.142. The molecule has 13 nitrogen and oxygen atoms in total. The first-order chi connectivity index (χ1) is 12.6. The van der Waals surface area contributed by atoms with E-state index in [9.17, 15) is 19.2 Å². The van der Waals surface area contributed by atoms with E-state index in [0.29, 0.717) is 19.4 Å². The lowest BCUT2D eigenvalue weighted by Gasteiger charge is -2.18. The van der Waals surface area contributed by atoms with Gasteiger partial charge in [-0.3, -0.25) is 24.2 Å². The third-order valence-corrected chi connectivity index (χ3v) is 3.29. The van der Waals surface area contributed by atoms with Crippen LogP contribution in [-0.2, 0) is 19.2 Å². The molecule has 0 aromatic heterocycles. The lowest BCUT2D eigenvalue weighted by atomic mass is 10.1. The maximum atomic E-state index is 11.8. The van der Waals surface area contributed by atoms with Gasteiger partial charge in [0.2, 0.25) is 17.7 Å². The molecule has 0 saturated heterocycles. The zero-order chi connectivity index (χ0) is 21.0. The van der Waals surface area contributed by atoms with Gasteiger partial charge in [0, 0.05) is 6.54 Å². The van der Waals surface area contributed by atoms with Crippen LogP contribution in [0, 0.1) is 0 Å². The number of hydrogen-bond acceptors (Lipinski definition) is 7. The lowest BCUT2D eigenvalue weighted by Crippen LogP contribution is -2.54. The monoisotopic (exact) mass is 389 g/mol. The van der Waals surface area contributed by atoms with Crippen molar-refractivity contribution in [2.45, 2.75) is 37.9 Å². The number of carbonyl (C=O) groups excluding carboxylic acids is 3. The zero-order valence-electron chi connectivity index (χ0n) is 15.0. The van der Waals surface area contributed by atoms with Gasteiger partial charge in [-0.1, -0.05) is 0 Å². The summed E-state index contributed by atoms with van der Waals surface area (Å²) in [6, 6.07) is -3.43. The Hall–Kier alpha value is -2.93. The minimum atomic E-state index is -1.36. The first kappa shape index (κ1) is 24.1. The number of guanidine groups is 1. The van der Waals surface area contributed by atoms with Gasteiger partial charge in [0.15, 0.2) is 5.96 Å². The van der Waals surface area contributed by atoms with Crippen molar-refractivity contribution in [1.29, 1.82) is 0 Å². The number of aliphatic hydroxyl groups excluding tert-OH is 1. The van der Waals surface area contributed by atoms with Gasteiger partial charge in [-0.2, -0.15) is 0 Å². The van der Waals surface area contributed by atoms with E-state index in [1.54, 1.807) is 0 Å². The Morgan fingerprint density at radius 3 is 2.26 bits per heavy atom.